The zero-order chi connectivity index (χ0) is 18.1. The lowest BCUT2D eigenvalue weighted by molar-refractivity contribution is 0.115. The van der Waals surface area contributed by atoms with Crippen LogP contribution in [0, 0.1) is 0 Å². The number of halogens is 1. The molecule has 2 rings (SSSR count). The summed E-state index contributed by atoms with van der Waals surface area (Å²) in [5, 5.41) is 16.3. The third kappa shape index (κ3) is 14.3. The van der Waals surface area contributed by atoms with Crippen molar-refractivity contribution in [1.29, 1.82) is 0 Å². The Hall–Kier alpha value is -0.0900. The van der Waals surface area contributed by atoms with Crippen LogP contribution in [-0.4, -0.2) is 73.7 Å². The van der Waals surface area contributed by atoms with Crippen LogP contribution < -0.4 is 20.7 Å². The lowest BCUT2D eigenvalue weighted by Crippen LogP contribution is -2.35. The molecule has 0 saturated carbocycles. The van der Waals surface area contributed by atoms with E-state index in [4.69, 9.17) is 14.6 Å². The van der Waals surface area contributed by atoms with Gasteiger partial charge in [-0.15, -0.1) is 12.4 Å². The van der Waals surface area contributed by atoms with Gasteiger partial charge in [0.2, 0.25) is 0 Å². The molecule has 0 aromatic carbocycles. The van der Waals surface area contributed by atoms with Crippen molar-refractivity contribution in [2.45, 2.75) is 25.0 Å². The van der Waals surface area contributed by atoms with Crippen molar-refractivity contribution in [3.8, 4) is 0 Å². The quantitative estimate of drug-likeness (QED) is 0.393. The number of methoxy groups -OCH3 is 2. The van der Waals surface area contributed by atoms with E-state index in [0.29, 0.717) is 19.2 Å². The monoisotopic (exact) mass is 413 g/mol. The van der Waals surface area contributed by atoms with E-state index in [-0.39, 0.29) is 18.5 Å². The molecule has 0 amide bonds. The van der Waals surface area contributed by atoms with Crippen LogP contribution in [0.25, 0.3) is 0 Å². The minimum atomic E-state index is -3.67. The van der Waals surface area contributed by atoms with Crippen LogP contribution in [0.3, 0.4) is 0 Å². The third-order valence-electron chi connectivity index (χ3n) is 3.15. The van der Waals surface area contributed by atoms with E-state index >= 15 is 0 Å². The Morgan fingerprint density at radius 3 is 1.71 bits per heavy atom. The first-order valence-corrected chi connectivity index (χ1v) is 9.93. The smallest absolute Gasteiger partial charge is 0.276 e. The largest absolute Gasteiger partial charge is 0.380 e. The molecule has 14 heteroatoms. The van der Waals surface area contributed by atoms with E-state index in [1.807, 2.05) is 0 Å². The molecule has 0 bridgehead atoms. The Labute approximate surface area is 150 Å². The molecule has 2 heterocycles. The molecule has 7 N–H and O–H groups in total. The molecule has 0 aliphatic carbocycles. The van der Waals surface area contributed by atoms with Gasteiger partial charge in [-0.05, 0) is 19.4 Å². The fourth-order valence-corrected chi connectivity index (χ4v) is 2.68. The highest BCUT2D eigenvalue weighted by Gasteiger charge is 2.28. The summed E-state index contributed by atoms with van der Waals surface area (Å²) in [5.41, 5.74) is 0. The van der Waals surface area contributed by atoms with Crippen molar-refractivity contribution >= 4 is 32.8 Å². The number of ether oxygens (including phenoxy) is 2. The van der Waals surface area contributed by atoms with Crippen molar-refractivity contribution in [3.05, 3.63) is 0 Å². The van der Waals surface area contributed by atoms with Gasteiger partial charge >= 0.3 is 0 Å². The van der Waals surface area contributed by atoms with E-state index in [2.05, 4.69) is 15.6 Å². The number of nitrogens with one attached hydrogen (secondary N) is 1. The molecule has 148 valence electrons. The number of hydrogen-bond donors (Lipinski definition) is 4. The average Bonchev–Trinajstić information content (AvgIpc) is 3.08. The molecule has 2 aliphatic heterocycles. The Balaban J connectivity index is 0. The van der Waals surface area contributed by atoms with Crippen LogP contribution in [-0.2, 0) is 29.9 Å². The second kappa shape index (κ2) is 12.3. The molecule has 2 atom stereocenters. The molecular formula is C10H28ClN5O6S2. The van der Waals surface area contributed by atoms with Crippen molar-refractivity contribution in [2.24, 2.45) is 15.4 Å². The van der Waals surface area contributed by atoms with Gasteiger partial charge in [0.1, 0.15) is 0 Å². The lowest BCUT2D eigenvalue weighted by Gasteiger charge is -2.11. The molecule has 0 spiro atoms. The van der Waals surface area contributed by atoms with Gasteiger partial charge in [-0.25, -0.2) is 15.4 Å². The number of nitrogens with zero attached hydrogens (tertiary/aromatic N) is 1. The van der Waals surface area contributed by atoms with Gasteiger partial charge in [-0.3, -0.25) is 0 Å². The molecule has 2 unspecified atom stereocenters. The molecular weight excluding hydrogens is 386 g/mol. The maximum atomic E-state index is 10.7. The molecule has 2 saturated heterocycles. The zero-order valence-corrected chi connectivity index (χ0v) is 16.2. The fourth-order valence-electron chi connectivity index (χ4n) is 1.95. The van der Waals surface area contributed by atoms with E-state index < -0.39 is 20.4 Å². The second-order valence-electron chi connectivity index (χ2n) is 4.99. The van der Waals surface area contributed by atoms with Crippen molar-refractivity contribution in [2.75, 3.05) is 40.4 Å². The highest BCUT2D eigenvalue weighted by molar-refractivity contribution is 7.87. The van der Waals surface area contributed by atoms with Gasteiger partial charge in [-0.2, -0.15) is 21.1 Å². The fraction of sp³-hybridized carbons (Fsp3) is 1.00. The van der Waals surface area contributed by atoms with Crippen molar-refractivity contribution in [3.63, 3.8) is 0 Å². The summed E-state index contributed by atoms with van der Waals surface area (Å²) in [6.45, 7) is 3.02. The molecule has 11 nitrogen and oxygen atoms in total. The molecule has 2 aliphatic rings. The topological polar surface area (TPSA) is 180 Å². The minimum Gasteiger partial charge on any atom is -0.380 e. The van der Waals surface area contributed by atoms with Crippen LogP contribution in [0.2, 0.25) is 0 Å². The van der Waals surface area contributed by atoms with Crippen LogP contribution >= 0.6 is 12.4 Å². The SMILES string of the molecule is COC1CCN(S(N)(=O)=O)C1.COC1CCNC1.Cl.NS(N)(=O)=O. The summed E-state index contributed by atoms with van der Waals surface area (Å²) in [7, 11) is -3.83. The minimum absolute atomic E-state index is 0. The highest BCUT2D eigenvalue weighted by Crippen LogP contribution is 2.13. The summed E-state index contributed by atoms with van der Waals surface area (Å²) in [6.07, 6.45) is 2.40. The van der Waals surface area contributed by atoms with E-state index in [1.165, 1.54) is 10.7 Å². The zero-order valence-electron chi connectivity index (χ0n) is 13.8. The van der Waals surface area contributed by atoms with Crippen LogP contribution in [0.1, 0.15) is 12.8 Å². The highest BCUT2D eigenvalue weighted by atomic mass is 35.5. The Bertz CT molecular complexity index is 518. The molecule has 24 heavy (non-hydrogen) atoms. The summed E-state index contributed by atoms with van der Waals surface area (Å²) in [4.78, 5) is 0. The Morgan fingerprint density at radius 1 is 1.00 bits per heavy atom. The summed E-state index contributed by atoms with van der Waals surface area (Å²) in [6, 6.07) is 0. The summed E-state index contributed by atoms with van der Waals surface area (Å²) >= 11 is 0. The number of rotatable bonds is 3. The van der Waals surface area contributed by atoms with E-state index in [9.17, 15) is 16.8 Å². The van der Waals surface area contributed by atoms with Gasteiger partial charge in [0.05, 0.1) is 12.2 Å². The van der Waals surface area contributed by atoms with E-state index in [1.54, 1.807) is 14.2 Å². The first-order valence-electron chi connectivity index (χ1n) is 6.82. The first-order chi connectivity index (χ1) is 10.5. The molecule has 0 radical (unpaired) electrons. The van der Waals surface area contributed by atoms with Gasteiger partial charge in [-0.1, -0.05) is 0 Å². The average molecular weight is 414 g/mol. The predicted octanol–water partition coefficient (Wildman–Crippen LogP) is -2.52. The molecule has 2 fully saturated rings. The Kier molecular flexibility index (Phi) is 13.4. The van der Waals surface area contributed by atoms with Gasteiger partial charge in [0.15, 0.2) is 0 Å². The first kappa shape index (κ1) is 26.1. The maximum absolute atomic E-state index is 10.7. The molecule has 0 aromatic heterocycles. The van der Waals surface area contributed by atoms with Crippen LogP contribution in [0.5, 0.6) is 0 Å². The maximum Gasteiger partial charge on any atom is 0.276 e. The van der Waals surface area contributed by atoms with Crippen LogP contribution in [0.15, 0.2) is 0 Å². The summed E-state index contributed by atoms with van der Waals surface area (Å²) < 4.78 is 51.1. The Morgan fingerprint density at radius 2 is 1.50 bits per heavy atom. The van der Waals surface area contributed by atoms with Crippen molar-refractivity contribution in [1.82, 2.24) is 9.62 Å². The summed E-state index contributed by atoms with van der Waals surface area (Å²) in [5.74, 6) is 0. The van der Waals surface area contributed by atoms with Crippen molar-refractivity contribution < 1.29 is 26.3 Å². The van der Waals surface area contributed by atoms with Gasteiger partial charge < -0.3 is 14.8 Å². The van der Waals surface area contributed by atoms with E-state index in [0.717, 1.165) is 19.5 Å². The van der Waals surface area contributed by atoms with Gasteiger partial charge in [0.25, 0.3) is 20.4 Å². The normalized spacial score (nSPS) is 24.2. The number of nitrogens with two attached hydrogens (primary N) is 3. The lowest BCUT2D eigenvalue weighted by atomic mass is 10.3. The predicted molar refractivity (Wildman–Crippen MR) is 92.9 cm³/mol. The standard InChI is InChI=1S/C5H12N2O3S.C5H11NO.ClH.H4N2O2S/c1-10-5-2-3-7(4-5)11(6,8)9;1-7-5-2-3-6-4-5;;1-5(2,3)4/h5H,2-4H2,1H3,(H2,6,8,9);5-6H,2-4H2,1H3;1H;(H4,1,2,3,4). The van der Waals surface area contributed by atoms with Gasteiger partial charge in [0, 0.05) is 33.9 Å². The second-order valence-corrected chi connectivity index (χ2v) is 7.71. The van der Waals surface area contributed by atoms with Crippen LogP contribution in [0.4, 0.5) is 0 Å². The third-order valence-corrected chi connectivity index (χ3v) is 4.20. The number of hydrogen-bond acceptors (Lipinski definition) is 7. The molecule has 0 aromatic rings.